The maximum Gasteiger partial charge on any atom is 0.407 e. The average Bonchev–Trinajstić information content (AvgIpc) is 2.46. The van der Waals surface area contributed by atoms with E-state index in [1.807, 2.05) is 6.08 Å². The van der Waals surface area contributed by atoms with Gasteiger partial charge in [-0.2, -0.15) is 0 Å². The molecule has 0 aliphatic heterocycles. The first-order valence-corrected chi connectivity index (χ1v) is 7.93. The number of hydrogen-bond acceptors (Lipinski definition) is 2. The van der Waals surface area contributed by atoms with Crippen LogP contribution in [0.15, 0.2) is 24.8 Å². The summed E-state index contributed by atoms with van der Waals surface area (Å²) in [6.45, 7) is 6.31. The van der Waals surface area contributed by atoms with Gasteiger partial charge in [0.1, 0.15) is 0 Å². The number of allylic oxidation sites excluding steroid dienone is 1. The van der Waals surface area contributed by atoms with E-state index in [1.54, 1.807) is 7.05 Å². The SMILES string of the molecule is C=CCN(C)C/C=C/C1CCC(CCN(C)C(=O)O)CC1. The minimum atomic E-state index is -0.824. The Morgan fingerprint density at radius 3 is 2.48 bits per heavy atom. The van der Waals surface area contributed by atoms with Crippen LogP contribution >= 0.6 is 0 Å². The van der Waals surface area contributed by atoms with Gasteiger partial charge in [0.05, 0.1) is 0 Å². The second kappa shape index (κ2) is 9.61. The van der Waals surface area contributed by atoms with E-state index in [9.17, 15) is 4.79 Å². The number of nitrogens with zero attached hydrogens (tertiary/aromatic N) is 2. The molecule has 1 rings (SSSR count). The maximum absolute atomic E-state index is 10.8. The van der Waals surface area contributed by atoms with Crippen molar-refractivity contribution in [2.24, 2.45) is 11.8 Å². The lowest BCUT2D eigenvalue weighted by atomic mass is 9.80. The lowest BCUT2D eigenvalue weighted by Gasteiger charge is -2.28. The molecular formula is C17H30N2O2. The highest BCUT2D eigenvalue weighted by Gasteiger charge is 2.20. The average molecular weight is 294 g/mol. The molecule has 1 aliphatic carbocycles. The van der Waals surface area contributed by atoms with Gasteiger partial charge in [-0.15, -0.1) is 6.58 Å². The number of hydrogen-bond donors (Lipinski definition) is 1. The molecule has 0 aromatic heterocycles. The standard InChI is InChI=1S/C17H30N2O2/c1-4-12-18(2)13-5-6-15-7-9-16(10-8-15)11-14-19(3)17(20)21/h4-6,15-16H,1,7-14H2,2-3H3,(H,20,21)/b6-5+. The zero-order valence-corrected chi connectivity index (χ0v) is 13.5. The summed E-state index contributed by atoms with van der Waals surface area (Å²) in [5.41, 5.74) is 0. The van der Waals surface area contributed by atoms with Crippen LogP contribution in [-0.2, 0) is 0 Å². The second-order valence-electron chi connectivity index (χ2n) is 6.21. The van der Waals surface area contributed by atoms with Crippen molar-refractivity contribution in [3.8, 4) is 0 Å². The highest BCUT2D eigenvalue weighted by molar-refractivity contribution is 5.64. The van der Waals surface area contributed by atoms with E-state index in [4.69, 9.17) is 5.11 Å². The fourth-order valence-electron chi connectivity index (χ4n) is 2.87. The topological polar surface area (TPSA) is 43.8 Å². The summed E-state index contributed by atoms with van der Waals surface area (Å²) in [4.78, 5) is 14.4. The van der Waals surface area contributed by atoms with Crippen molar-refractivity contribution >= 4 is 6.09 Å². The largest absolute Gasteiger partial charge is 0.465 e. The normalized spacial score (nSPS) is 22.6. The van der Waals surface area contributed by atoms with Crippen molar-refractivity contribution in [2.75, 3.05) is 33.7 Å². The molecule has 1 amide bonds. The summed E-state index contributed by atoms with van der Waals surface area (Å²) in [7, 11) is 3.75. The molecule has 4 nitrogen and oxygen atoms in total. The Labute approximate surface area is 129 Å². The van der Waals surface area contributed by atoms with E-state index in [2.05, 4.69) is 30.7 Å². The molecule has 0 saturated heterocycles. The molecular weight excluding hydrogens is 264 g/mol. The first-order chi connectivity index (χ1) is 10.0. The van der Waals surface area contributed by atoms with E-state index >= 15 is 0 Å². The van der Waals surface area contributed by atoms with Gasteiger partial charge in [0.2, 0.25) is 0 Å². The molecule has 0 heterocycles. The Morgan fingerprint density at radius 1 is 1.24 bits per heavy atom. The predicted molar refractivity (Wildman–Crippen MR) is 87.6 cm³/mol. The van der Waals surface area contributed by atoms with Gasteiger partial charge in [0.15, 0.2) is 0 Å². The van der Waals surface area contributed by atoms with Gasteiger partial charge >= 0.3 is 6.09 Å². The fraction of sp³-hybridized carbons (Fsp3) is 0.706. The third-order valence-corrected chi connectivity index (χ3v) is 4.36. The number of likely N-dealkylation sites (N-methyl/N-ethyl adjacent to an activating group) is 1. The first-order valence-electron chi connectivity index (χ1n) is 7.93. The zero-order chi connectivity index (χ0) is 15.7. The molecule has 1 saturated carbocycles. The highest BCUT2D eigenvalue weighted by Crippen LogP contribution is 2.31. The Morgan fingerprint density at radius 2 is 1.90 bits per heavy atom. The van der Waals surface area contributed by atoms with Crippen LogP contribution in [0.4, 0.5) is 4.79 Å². The van der Waals surface area contributed by atoms with Gasteiger partial charge in [-0.3, -0.25) is 4.90 Å². The number of rotatable bonds is 8. The Balaban J connectivity index is 2.18. The van der Waals surface area contributed by atoms with E-state index in [0.29, 0.717) is 18.4 Å². The van der Waals surface area contributed by atoms with E-state index in [-0.39, 0.29) is 0 Å². The summed E-state index contributed by atoms with van der Waals surface area (Å²) in [6.07, 6.45) is 11.7. The molecule has 1 aliphatic rings. The van der Waals surface area contributed by atoms with Crippen LogP contribution in [-0.4, -0.2) is 54.7 Å². The Hall–Kier alpha value is -1.29. The minimum absolute atomic E-state index is 0.660. The maximum atomic E-state index is 10.8. The smallest absolute Gasteiger partial charge is 0.407 e. The summed E-state index contributed by atoms with van der Waals surface area (Å²) < 4.78 is 0. The highest BCUT2D eigenvalue weighted by atomic mass is 16.4. The van der Waals surface area contributed by atoms with E-state index < -0.39 is 6.09 Å². The molecule has 0 aromatic rings. The lowest BCUT2D eigenvalue weighted by molar-refractivity contribution is 0.150. The van der Waals surface area contributed by atoms with Gasteiger partial charge in [0, 0.05) is 26.7 Å². The van der Waals surface area contributed by atoms with Crippen molar-refractivity contribution in [1.29, 1.82) is 0 Å². The lowest BCUT2D eigenvalue weighted by Crippen LogP contribution is -2.28. The van der Waals surface area contributed by atoms with Gasteiger partial charge in [-0.25, -0.2) is 4.79 Å². The summed E-state index contributed by atoms with van der Waals surface area (Å²) in [5, 5.41) is 8.84. The van der Waals surface area contributed by atoms with Crippen LogP contribution in [0.3, 0.4) is 0 Å². The van der Waals surface area contributed by atoms with Crippen molar-refractivity contribution < 1.29 is 9.90 Å². The molecule has 21 heavy (non-hydrogen) atoms. The van der Waals surface area contributed by atoms with Gasteiger partial charge in [0.25, 0.3) is 0 Å². The minimum Gasteiger partial charge on any atom is -0.465 e. The van der Waals surface area contributed by atoms with Crippen LogP contribution in [0.1, 0.15) is 32.1 Å². The molecule has 120 valence electrons. The summed E-state index contributed by atoms with van der Waals surface area (Å²) in [5.74, 6) is 1.40. The van der Waals surface area contributed by atoms with Crippen molar-refractivity contribution in [3.05, 3.63) is 24.8 Å². The number of amides is 1. The van der Waals surface area contributed by atoms with Crippen LogP contribution < -0.4 is 0 Å². The van der Waals surface area contributed by atoms with Crippen molar-refractivity contribution in [3.63, 3.8) is 0 Å². The zero-order valence-electron chi connectivity index (χ0n) is 13.5. The summed E-state index contributed by atoms with van der Waals surface area (Å²) in [6, 6.07) is 0. The first kappa shape index (κ1) is 17.8. The molecule has 0 spiro atoms. The van der Waals surface area contributed by atoms with Crippen molar-refractivity contribution in [1.82, 2.24) is 9.80 Å². The van der Waals surface area contributed by atoms with E-state index in [0.717, 1.165) is 19.5 Å². The second-order valence-corrected chi connectivity index (χ2v) is 6.21. The van der Waals surface area contributed by atoms with Gasteiger partial charge < -0.3 is 10.0 Å². The molecule has 0 radical (unpaired) electrons. The van der Waals surface area contributed by atoms with Crippen LogP contribution in [0.25, 0.3) is 0 Å². The molecule has 0 aromatic carbocycles. The molecule has 0 unspecified atom stereocenters. The molecule has 1 N–H and O–H groups in total. The number of carbonyl (C=O) groups is 1. The molecule has 0 bridgehead atoms. The molecule has 0 atom stereocenters. The molecule has 1 fully saturated rings. The van der Waals surface area contributed by atoms with Gasteiger partial charge in [-0.1, -0.05) is 18.2 Å². The van der Waals surface area contributed by atoms with Crippen LogP contribution in [0.5, 0.6) is 0 Å². The quantitative estimate of drug-likeness (QED) is 0.697. The third kappa shape index (κ3) is 7.32. The van der Waals surface area contributed by atoms with Gasteiger partial charge in [-0.05, 0) is 51.0 Å². The fourth-order valence-corrected chi connectivity index (χ4v) is 2.87. The van der Waals surface area contributed by atoms with Crippen molar-refractivity contribution in [2.45, 2.75) is 32.1 Å². The Kier molecular flexibility index (Phi) is 8.13. The summed E-state index contributed by atoms with van der Waals surface area (Å²) >= 11 is 0. The predicted octanol–water partition coefficient (Wildman–Crippen LogP) is 3.47. The Bertz CT molecular complexity index is 347. The molecule has 4 heteroatoms. The van der Waals surface area contributed by atoms with Crippen LogP contribution in [0.2, 0.25) is 0 Å². The van der Waals surface area contributed by atoms with Crippen LogP contribution in [0, 0.1) is 11.8 Å². The number of carboxylic acid groups (broad SMARTS) is 1. The monoisotopic (exact) mass is 294 g/mol. The third-order valence-electron chi connectivity index (χ3n) is 4.36. The van der Waals surface area contributed by atoms with E-state index in [1.165, 1.54) is 30.6 Å².